The number of ether oxygens (including phenoxy) is 2. The van der Waals surface area contributed by atoms with Gasteiger partial charge in [-0.1, -0.05) is 94.8 Å². The Hall–Kier alpha value is -4.24. The number of aliphatic imine (C=N–C) groups is 1. The third-order valence-corrected chi connectivity index (χ3v) is 8.10. The molecule has 0 bridgehead atoms. The number of carbonyl (C=O) groups excluding carboxylic acids is 1. The van der Waals surface area contributed by atoms with Crippen LogP contribution in [0.3, 0.4) is 0 Å². The number of hydrogen-bond acceptors (Lipinski definition) is 6. The van der Waals surface area contributed by atoms with Crippen molar-refractivity contribution in [1.82, 2.24) is 10.9 Å². The van der Waals surface area contributed by atoms with Crippen LogP contribution >= 0.6 is 15.9 Å². The predicted octanol–water partition coefficient (Wildman–Crippen LogP) is 6.50. The van der Waals surface area contributed by atoms with Crippen molar-refractivity contribution >= 4 is 27.7 Å². The molecule has 1 heterocycles. The van der Waals surface area contributed by atoms with Crippen LogP contribution in [-0.2, 0) is 9.53 Å². The van der Waals surface area contributed by atoms with Crippen molar-refractivity contribution in [3.8, 4) is 5.75 Å². The molecule has 4 aromatic rings. The van der Waals surface area contributed by atoms with Crippen LogP contribution in [0.1, 0.15) is 47.1 Å². The largest absolute Gasteiger partial charge is 0.494 e. The molecule has 0 aliphatic carbocycles. The Kier molecular flexibility index (Phi) is 10.6. The topological polar surface area (TPSA) is 92.2 Å². The Morgan fingerprint density at radius 2 is 1.61 bits per heavy atom. The lowest BCUT2D eigenvalue weighted by molar-refractivity contribution is -0.129. The third-order valence-electron chi connectivity index (χ3n) is 7.57. The summed E-state index contributed by atoms with van der Waals surface area (Å²) in [5.74, 6) is 0.746. The number of benzene rings is 4. The molecule has 3 N–H and O–H groups in total. The fraction of sp³-hybridized carbons (Fsp3) is 0.222. The summed E-state index contributed by atoms with van der Waals surface area (Å²) in [5, 5.41) is 9.03. The van der Waals surface area contributed by atoms with Gasteiger partial charge in [-0.3, -0.25) is 10.2 Å². The van der Waals surface area contributed by atoms with E-state index in [1.165, 1.54) is 0 Å². The smallest absolute Gasteiger partial charge is 0.266 e. The second-order valence-electron chi connectivity index (χ2n) is 10.5. The van der Waals surface area contributed by atoms with Crippen LogP contribution in [0.2, 0.25) is 0 Å². The highest BCUT2D eigenvalue weighted by Crippen LogP contribution is 2.43. The standard InChI is InChI=1S/C36H36BrN3O4/c1-2-22-36(35(42)40-38-25-32(26-10-5-3-6-11-26)27-12-7-4-8-13-27)33(28-14-18-30(37)19-15-28)44-34(39-36)29-16-20-31(21-17-29)43-24-9-23-41/h2-8,10-21,32-33,38,41H,1,9,22-25H2,(H,40,42)/t33-,36-/m0/s1. The maximum Gasteiger partial charge on any atom is 0.266 e. The van der Waals surface area contributed by atoms with Gasteiger partial charge < -0.3 is 14.6 Å². The molecular weight excluding hydrogens is 618 g/mol. The number of amides is 1. The number of carbonyl (C=O) groups is 1. The summed E-state index contributed by atoms with van der Waals surface area (Å²) in [5.41, 5.74) is 8.70. The van der Waals surface area contributed by atoms with E-state index in [0.717, 1.165) is 26.7 Å². The van der Waals surface area contributed by atoms with Gasteiger partial charge in [0.1, 0.15) is 5.75 Å². The van der Waals surface area contributed by atoms with Crippen molar-refractivity contribution in [2.75, 3.05) is 19.8 Å². The van der Waals surface area contributed by atoms with Gasteiger partial charge in [-0.15, -0.1) is 6.58 Å². The summed E-state index contributed by atoms with van der Waals surface area (Å²) in [6, 6.07) is 35.5. The summed E-state index contributed by atoms with van der Waals surface area (Å²) in [4.78, 5) is 19.1. The molecule has 2 atom stereocenters. The molecule has 0 saturated heterocycles. The van der Waals surface area contributed by atoms with Gasteiger partial charge in [0.15, 0.2) is 11.6 Å². The normalized spacial score (nSPS) is 17.5. The average molecular weight is 655 g/mol. The molecule has 0 radical (unpaired) electrons. The van der Waals surface area contributed by atoms with Gasteiger partial charge in [0, 0.05) is 41.9 Å². The van der Waals surface area contributed by atoms with Crippen LogP contribution in [0, 0.1) is 0 Å². The van der Waals surface area contributed by atoms with Gasteiger partial charge in [-0.2, -0.15) is 0 Å². The van der Waals surface area contributed by atoms with Crippen LogP contribution in [0.4, 0.5) is 0 Å². The van der Waals surface area contributed by atoms with E-state index in [1.807, 2.05) is 84.9 Å². The van der Waals surface area contributed by atoms with Gasteiger partial charge in [0.25, 0.3) is 5.91 Å². The molecule has 4 aromatic carbocycles. The summed E-state index contributed by atoms with van der Waals surface area (Å²) in [7, 11) is 0. The van der Waals surface area contributed by atoms with Crippen LogP contribution in [0.25, 0.3) is 0 Å². The maximum atomic E-state index is 14.2. The summed E-state index contributed by atoms with van der Waals surface area (Å²) in [6.45, 7) is 4.93. The van der Waals surface area contributed by atoms with E-state index in [4.69, 9.17) is 19.6 Å². The zero-order chi connectivity index (χ0) is 30.8. The molecule has 44 heavy (non-hydrogen) atoms. The number of rotatable bonds is 14. The Labute approximate surface area is 266 Å². The van der Waals surface area contributed by atoms with Crippen LogP contribution in [0.15, 0.2) is 131 Å². The lowest BCUT2D eigenvalue weighted by Gasteiger charge is -2.30. The first-order chi connectivity index (χ1) is 21.5. The van der Waals surface area contributed by atoms with Crippen molar-refractivity contribution in [1.29, 1.82) is 0 Å². The fourth-order valence-corrected chi connectivity index (χ4v) is 5.58. The monoisotopic (exact) mass is 653 g/mol. The van der Waals surface area contributed by atoms with Crippen LogP contribution in [0.5, 0.6) is 5.75 Å². The van der Waals surface area contributed by atoms with E-state index in [9.17, 15) is 4.79 Å². The molecule has 0 unspecified atom stereocenters. The summed E-state index contributed by atoms with van der Waals surface area (Å²) in [6.07, 6.45) is 1.83. The quantitative estimate of drug-likeness (QED) is 0.0821. The SMILES string of the molecule is C=CC[C@]1(C(=O)NNCC(c2ccccc2)c2ccccc2)N=C(c2ccc(OCCCO)cc2)O[C@H]1c1ccc(Br)cc1. The highest BCUT2D eigenvalue weighted by atomic mass is 79.9. The molecule has 226 valence electrons. The lowest BCUT2D eigenvalue weighted by Crippen LogP contribution is -2.53. The number of hydrogen-bond donors (Lipinski definition) is 3. The molecule has 0 aromatic heterocycles. The number of halogens is 1. The second-order valence-corrected chi connectivity index (χ2v) is 11.5. The lowest BCUT2D eigenvalue weighted by atomic mass is 9.84. The Morgan fingerprint density at radius 1 is 0.977 bits per heavy atom. The first-order valence-electron chi connectivity index (χ1n) is 14.6. The summed E-state index contributed by atoms with van der Waals surface area (Å²) >= 11 is 3.51. The Morgan fingerprint density at radius 3 is 2.20 bits per heavy atom. The van der Waals surface area contributed by atoms with Crippen LogP contribution < -0.4 is 15.6 Å². The van der Waals surface area contributed by atoms with Crippen molar-refractivity contribution in [2.45, 2.75) is 30.4 Å². The van der Waals surface area contributed by atoms with Crippen molar-refractivity contribution in [3.63, 3.8) is 0 Å². The molecule has 7 nitrogen and oxygen atoms in total. The van der Waals surface area contributed by atoms with E-state index in [2.05, 4.69) is 57.6 Å². The van der Waals surface area contributed by atoms with Gasteiger partial charge in [0.2, 0.25) is 5.90 Å². The molecular formula is C36H36BrN3O4. The van der Waals surface area contributed by atoms with E-state index < -0.39 is 11.6 Å². The number of nitrogens with one attached hydrogen (secondary N) is 2. The Bertz CT molecular complexity index is 1510. The number of nitrogens with zero attached hydrogens (tertiary/aromatic N) is 1. The number of aliphatic hydroxyl groups is 1. The number of aliphatic hydroxyl groups excluding tert-OH is 1. The molecule has 0 saturated carbocycles. The van der Waals surface area contributed by atoms with Gasteiger partial charge in [-0.05, 0) is 53.1 Å². The van der Waals surface area contributed by atoms with Crippen molar-refractivity contribution in [3.05, 3.63) is 149 Å². The highest BCUT2D eigenvalue weighted by Gasteiger charge is 2.52. The average Bonchev–Trinajstić information content (AvgIpc) is 3.45. The number of hydrazine groups is 1. The molecule has 1 aliphatic rings. The molecule has 1 aliphatic heterocycles. The van der Waals surface area contributed by atoms with E-state index in [1.54, 1.807) is 6.08 Å². The van der Waals surface area contributed by atoms with Gasteiger partial charge in [-0.25, -0.2) is 10.4 Å². The van der Waals surface area contributed by atoms with E-state index in [-0.39, 0.29) is 24.9 Å². The van der Waals surface area contributed by atoms with Gasteiger partial charge >= 0.3 is 0 Å². The zero-order valence-electron chi connectivity index (χ0n) is 24.4. The molecule has 0 fully saturated rings. The first kappa shape index (κ1) is 31.2. The van der Waals surface area contributed by atoms with Crippen molar-refractivity contribution < 1.29 is 19.4 Å². The maximum absolute atomic E-state index is 14.2. The molecule has 1 amide bonds. The molecule has 8 heteroatoms. The fourth-order valence-electron chi connectivity index (χ4n) is 5.31. The molecule has 5 rings (SSSR count). The summed E-state index contributed by atoms with van der Waals surface area (Å²) < 4.78 is 13.1. The minimum absolute atomic E-state index is 0.0207. The minimum atomic E-state index is -1.30. The van der Waals surface area contributed by atoms with Crippen molar-refractivity contribution in [2.24, 2.45) is 4.99 Å². The Balaban J connectivity index is 1.41. The van der Waals surface area contributed by atoms with E-state index >= 15 is 0 Å². The van der Waals surface area contributed by atoms with Gasteiger partial charge in [0.05, 0.1) is 6.61 Å². The zero-order valence-corrected chi connectivity index (χ0v) is 26.0. The van der Waals surface area contributed by atoms with Crippen LogP contribution in [-0.4, -0.2) is 42.2 Å². The third kappa shape index (κ3) is 7.27. The highest BCUT2D eigenvalue weighted by molar-refractivity contribution is 9.10. The predicted molar refractivity (Wildman–Crippen MR) is 177 cm³/mol. The second kappa shape index (κ2) is 15.0. The first-order valence-corrected chi connectivity index (χ1v) is 15.4. The van der Waals surface area contributed by atoms with E-state index in [0.29, 0.717) is 31.2 Å². The molecule has 0 spiro atoms. The minimum Gasteiger partial charge on any atom is -0.494 e.